The van der Waals surface area contributed by atoms with Crippen molar-refractivity contribution < 1.29 is 32.2 Å². The molecule has 214 valence electrons. The Morgan fingerprint density at radius 2 is 1.90 bits per heavy atom. The van der Waals surface area contributed by atoms with Gasteiger partial charge in [0.2, 0.25) is 10.0 Å². The fourth-order valence-corrected chi connectivity index (χ4v) is 7.21. The molecule has 2 aliphatic heterocycles. The molecule has 1 unspecified atom stereocenters. The van der Waals surface area contributed by atoms with Crippen LogP contribution in [0.3, 0.4) is 0 Å². The van der Waals surface area contributed by atoms with Crippen LogP contribution in [0.5, 0.6) is 5.19 Å². The Hall–Kier alpha value is -2.70. The monoisotopic (exact) mass is 579 g/mol. The maximum absolute atomic E-state index is 12.7. The summed E-state index contributed by atoms with van der Waals surface area (Å²) < 4.78 is 44.2. The Morgan fingerprint density at radius 3 is 2.51 bits per heavy atom. The number of likely N-dealkylation sites (tertiary alicyclic amines) is 1. The molecule has 1 amide bonds. The lowest BCUT2D eigenvalue weighted by Gasteiger charge is -2.33. The lowest BCUT2D eigenvalue weighted by Crippen LogP contribution is -2.44. The highest BCUT2D eigenvalue weighted by Crippen LogP contribution is 2.33. The number of esters is 1. The molecule has 1 atom stereocenters. The number of sulfonamides is 1. The number of fused-ring (bicyclic) bond motifs is 1. The fourth-order valence-electron chi connectivity index (χ4n) is 4.63. The molecule has 1 saturated heterocycles. The van der Waals surface area contributed by atoms with Crippen LogP contribution in [0.1, 0.15) is 52.5 Å². The Balaban J connectivity index is 1.35. The quantitative estimate of drug-likeness (QED) is 0.446. The van der Waals surface area contributed by atoms with Crippen LogP contribution in [0.25, 0.3) is 15.8 Å². The SMILES string of the molecule is COC(=O)C(C)CS(=O)(=O)N1CC=C(c2ccc3nc(OC4CCN(C(=O)OC(C)(C)C)CC4)sc3c2)CC1. The number of ether oxygens (including phenoxy) is 3. The minimum Gasteiger partial charge on any atom is -0.469 e. The molecule has 4 rings (SSSR count). The van der Waals surface area contributed by atoms with Gasteiger partial charge in [-0.15, -0.1) is 0 Å². The number of aromatic nitrogens is 1. The zero-order valence-corrected chi connectivity index (χ0v) is 24.8. The molecule has 39 heavy (non-hydrogen) atoms. The average molecular weight is 580 g/mol. The molecule has 2 aliphatic rings. The third kappa shape index (κ3) is 7.49. The van der Waals surface area contributed by atoms with E-state index in [0.29, 0.717) is 44.1 Å². The molecular formula is C27H37N3O7S2. The molecule has 10 nitrogen and oxygen atoms in total. The number of thiazole rings is 1. The summed E-state index contributed by atoms with van der Waals surface area (Å²) in [5.74, 6) is -1.51. The average Bonchev–Trinajstić information content (AvgIpc) is 3.29. The molecular weight excluding hydrogens is 542 g/mol. The Labute approximate surface area is 234 Å². The largest absolute Gasteiger partial charge is 0.469 e. The predicted octanol–water partition coefficient (Wildman–Crippen LogP) is 4.30. The van der Waals surface area contributed by atoms with Crippen molar-refractivity contribution in [2.24, 2.45) is 5.92 Å². The summed E-state index contributed by atoms with van der Waals surface area (Å²) in [6.07, 6.45) is 3.63. The molecule has 0 spiro atoms. The summed E-state index contributed by atoms with van der Waals surface area (Å²) in [6, 6.07) is 6.03. The van der Waals surface area contributed by atoms with Gasteiger partial charge >= 0.3 is 12.1 Å². The van der Waals surface area contributed by atoms with E-state index >= 15 is 0 Å². The van der Waals surface area contributed by atoms with Crippen LogP contribution in [0.2, 0.25) is 0 Å². The van der Waals surface area contributed by atoms with Gasteiger partial charge in [0.05, 0.1) is 29.0 Å². The number of amides is 1. The molecule has 12 heteroatoms. The molecule has 0 N–H and O–H groups in total. The maximum Gasteiger partial charge on any atom is 0.410 e. The summed E-state index contributed by atoms with van der Waals surface area (Å²) in [7, 11) is -2.31. The van der Waals surface area contributed by atoms with Gasteiger partial charge in [-0.2, -0.15) is 4.31 Å². The number of piperidine rings is 1. The highest BCUT2D eigenvalue weighted by atomic mass is 32.2. The Bertz CT molecular complexity index is 1340. The van der Waals surface area contributed by atoms with Crippen molar-refractivity contribution in [3.8, 4) is 5.19 Å². The van der Waals surface area contributed by atoms with Gasteiger partial charge in [-0.05, 0) is 50.5 Å². The van der Waals surface area contributed by atoms with Crippen molar-refractivity contribution in [1.82, 2.24) is 14.2 Å². The van der Waals surface area contributed by atoms with Crippen LogP contribution < -0.4 is 4.74 Å². The summed E-state index contributed by atoms with van der Waals surface area (Å²) >= 11 is 1.48. The normalized spacial score (nSPS) is 18.5. The van der Waals surface area contributed by atoms with E-state index in [1.165, 1.54) is 22.8 Å². The van der Waals surface area contributed by atoms with Crippen molar-refractivity contribution >= 4 is 49.2 Å². The minimum absolute atomic E-state index is 0.0143. The zero-order valence-electron chi connectivity index (χ0n) is 23.1. The number of carbonyl (C=O) groups excluding carboxylic acids is 2. The van der Waals surface area contributed by atoms with Crippen LogP contribution in [0, 0.1) is 5.92 Å². The van der Waals surface area contributed by atoms with Crippen LogP contribution >= 0.6 is 11.3 Å². The molecule has 0 radical (unpaired) electrons. The first-order valence-corrected chi connectivity index (χ1v) is 15.6. The predicted molar refractivity (Wildman–Crippen MR) is 150 cm³/mol. The first-order valence-electron chi connectivity index (χ1n) is 13.1. The van der Waals surface area contributed by atoms with Gasteiger partial charge in [-0.25, -0.2) is 18.2 Å². The minimum atomic E-state index is -3.57. The van der Waals surface area contributed by atoms with Gasteiger partial charge in [-0.3, -0.25) is 4.79 Å². The first-order chi connectivity index (χ1) is 18.3. The van der Waals surface area contributed by atoms with Crippen LogP contribution in [-0.2, 0) is 24.3 Å². The summed E-state index contributed by atoms with van der Waals surface area (Å²) in [6.45, 7) is 8.93. The number of rotatable bonds is 7. The number of hydrogen-bond acceptors (Lipinski definition) is 9. The van der Waals surface area contributed by atoms with Gasteiger partial charge in [0.15, 0.2) is 0 Å². The van der Waals surface area contributed by atoms with Crippen molar-refractivity contribution in [3.63, 3.8) is 0 Å². The highest BCUT2D eigenvalue weighted by molar-refractivity contribution is 7.89. The molecule has 1 fully saturated rings. The zero-order chi connectivity index (χ0) is 28.4. The standard InChI is InChI=1S/C27H37N3O7S2/c1-18(24(31)35-5)17-39(33,34)30-14-8-19(9-15-30)20-6-7-22-23(16-20)38-25(28-22)36-21-10-12-29(13-11-21)26(32)37-27(2,3)4/h6-8,16,18,21H,9-15,17H2,1-5H3. The van der Waals surface area contributed by atoms with E-state index in [-0.39, 0.29) is 24.5 Å². The first kappa shape index (κ1) is 29.3. The number of methoxy groups -OCH3 is 1. The van der Waals surface area contributed by atoms with Crippen LogP contribution in [0.15, 0.2) is 24.3 Å². The maximum atomic E-state index is 12.7. The van der Waals surface area contributed by atoms with E-state index in [1.54, 1.807) is 11.8 Å². The highest BCUT2D eigenvalue weighted by Gasteiger charge is 2.30. The number of nitrogens with zero attached hydrogens (tertiary/aromatic N) is 3. The van der Waals surface area contributed by atoms with E-state index in [9.17, 15) is 18.0 Å². The number of hydrogen-bond donors (Lipinski definition) is 0. The fraction of sp³-hybridized carbons (Fsp3) is 0.593. The second-order valence-electron chi connectivity index (χ2n) is 11.0. The van der Waals surface area contributed by atoms with Crippen molar-refractivity contribution in [2.75, 3.05) is 39.0 Å². The second-order valence-corrected chi connectivity index (χ2v) is 14.0. The molecule has 1 aromatic heterocycles. The van der Waals surface area contributed by atoms with Crippen molar-refractivity contribution in [3.05, 3.63) is 29.8 Å². The van der Waals surface area contributed by atoms with Gasteiger partial charge in [-0.1, -0.05) is 30.4 Å². The third-order valence-electron chi connectivity index (χ3n) is 6.73. The van der Waals surface area contributed by atoms with Gasteiger partial charge in [0.1, 0.15) is 11.7 Å². The van der Waals surface area contributed by atoms with Gasteiger partial charge in [0, 0.05) is 39.0 Å². The van der Waals surface area contributed by atoms with Crippen molar-refractivity contribution in [2.45, 2.75) is 58.7 Å². The van der Waals surface area contributed by atoms with Crippen LogP contribution in [-0.4, -0.2) is 85.4 Å². The van der Waals surface area contributed by atoms with Gasteiger partial charge < -0.3 is 19.1 Å². The van der Waals surface area contributed by atoms with Crippen LogP contribution in [0.4, 0.5) is 4.79 Å². The van der Waals surface area contributed by atoms with Crippen molar-refractivity contribution in [1.29, 1.82) is 0 Å². The van der Waals surface area contributed by atoms with E-state index in [2.05, 4.69) is 15.8 Å². The van der Waals surface area contributed by atoms with E-state index < -0.39 is 27.5 Å². The summed E-state index contributed by atoms with van der Waals surface area (Å²) in [5.41, 5.74) is 2.44. The smallest absolute Gasteiger partial charge is 0.410 e. The second kappa shape index (κ2) is 11.8. The molecule has 0 saturated carbocycles. The Kier molecular flexibility index (Phi) is 8.87. The topological polar surface area (TPSA) is 115 Å². The van der Waals surface area contributed by atoms with E-state index in [1.807, 2.05) is 39.0 Å². The lowest BCUT2D eigenvalue weighted by molar-refractivity contribution is -0.144. The number of benzene rings is 1. The summed E-state index contributed by atoms with van der Waals surface area (Å²) in [4.78, 5) is 30.3. The molecule has 0 aliphatic carbocycles. The molecule has 3 heterocycles. The van der Waals surface area contributed by atoms with E-state index in [0.717, 1.165) is 21.4 Å². The summed E-state index contributed by atoms with van der Waals surface area (Å²) in [5, 5.41) is 0.604. The lowest BCUT2D eigenvalue weighted by atomic mass is 10.0. The van der Waals surface area contributed by atoms with Gasteiger partial charge in [0.25, 0.3) is 5.19 Å². The molecule has 2 aromatic rings. The Morgan fingerprint density at radius 1 is 1.18 bits per heavy atom. The third-order valence-corrected chi connectivity index (χ3v) is 9.68. The molecule has 1 aromatic carbocycles. The van der Waals surface area contributed by atoms with E-state index in [4.69, 9.17) is 9.47 Å². The molecule has 0 bridgehead atoms. The number of carbonyl (C=O) groups is 2.